The zero-order valence-electron chi connectivity index (χ0n) is 17.6. The number of pyridine rings is 1. The monoisotopic (exact) mass is 652 g/mol. The fourth-order valence-electron chi connectivity index (χ4n) is 3.32. The molecule has 180 valence electrons. The van der Waals surface area contributed by atoms with Crippen molar-refractivity contribution in [3.05, 3.63) is 65.4 Å². The third kappa shape index (κ3) is 5.75. The first-order chi connectivity index (χ1) is 16.0. The number of nitrogens with one attached hydrogen (secondary N) is 1. The molecule has 7 nitrogen and oxygen atoms in total. The number of nitrogens with zero attached hydrogens (tertiary/aromatic N) is 3. The number of hydrogen-bond donors (Lipinski definition) is 1. The van der Waals surface area contributed by atoms with Crippen molar-refractivity contribution < 1.29 is 17.6 Å². The lowest BCUT2D eigenvalue weighted by molar-refractivity contribution is 0.0981. The van der Waals surface area contributed by atoms with Crippen LogP contribution >= 0.6 is 55.2 Å². The van der Waals surface area contributed by atoms with Crippen molar-refractivity contribution in [3.63, 3.8) is 0 Å². The van der Waals surface area contributed by atoms with Gasteiger partial charge >= 0.3 is 0 Å². The second-order valence-electron chi connectivity index (χ2n) is 7.86. The fraction of sp³-hybridized carbons (Fsp3) is 0.286. The molecule has 2 heterocycles. The molecule has 2 unspecified atom stereocenters. The van der Waals surface area contributed by atoms with E-state index in [0.29, 0.717) is 5.82 Å². The van der Waals surface area contributed by atoms with Gasteiger partial charge in [-0.15, -0.1) is 11.8 Å². The van der Waals surface area contributed by atoms with E-state index in [2.05, 4.69) is 19.3 Å². The highest BCUT2D eigenvalue weighted by atomic mass is 127. The molecule has 2 atom stereocenters. The SMILES string of the molecule is O=C(NS(=O)(=O)c1ccccc1)c1ccc(-n2ccc(SCCC3(C(F)(P)I)CC3)n2)nc1Cl. The molecule has 4 rings (SSSR count). The van der Waals surface area contributed by atoms with E-state index in [4.69, 9.17) is 11.6 Å². The van der Waals surface area contributed by atoms with E-state index in [9.17, 15) is 17.6 Å². The van der Waals surface area contributed by atoms with Crippen molar-refractivity contribution >= 4 is 71.1 Å². The maximum atomic E-state index is 14.3. The summed E-state index contributed by atoms with van der Waals surface area (Å²) in [6.07, 6.45) is 4.24. The van der Waals surface area contributed by atoms with Crippen LogP contribution in [0.3, 0.4) is 0 Å². The molecule has 0 radical (unpaired) electrons. The minimum Gasteiger partial charge on any atom is -0.268 e. The van der Waals surface area contributed by atoms with Gasteiger partial charge in [0.15, 0.2) is 9.23 Å². The van der Waals surface area contributed by atoms with Crippen molar-refractivity contribution in [2.75, 3.05) is 5.75 Å². The fourth-order valence-corrected chi connectivity index (χ4v) is 6.79. The van der Waals surface area contributed by atoms with Crippen LogP contribution in [0.1, 0.15) is 29.6 Å². The number of thioether (sulfide) groups is 1. The Hall–Kier alpha value is -1.27. The van der Waals surface area contributed by atoms with Gasteiger partial charge in [-0.3, -0.25) is 4.79 Å². The van der Waals surface area contributed by atoms with E-state index in [0.717, 1.165) is 30.0 Å². The van der Waals surface area contributed by atoms with E-state index in [1.807, 2.05) is 33.4 Å². The van der Waals surface area contributed by atoms with Gasteiger partial charge in [-0.2, -0.15) is 5.10 Å². The molecule has 3 aromatic rings. The molecule has 1 N–H and O–H groups in total. The van der Waals surface area contributed by atoms with E-state index in [1.54, 1.807) is 24.4 Å². The molecule has 13 heteroatoms. The Labute approximate surface area is 222 Å². The number of benzene rings is 1. The molecule has 1 fully saturated rings. The average molecular weight is 653 g/mol. The lowest BCUT2D eigenvalue weighted by Gasteiger charge is -2.24. The molecule has 1 aliphatic carbocycles. The molecule has 0 saturated heterocycles. The Morgan fingerprint density at radius 1 is 1.26 bits per heavy atom. The molecule has 1 aliphatic rings. The lowest BCUT2D eigenvalue weighted by Crippen LogP contribution is -2.31. The van der Waals surface area contributed by atoms with Gasteiger partial charge in [0.2, 0.25) is 0 Å². The Bertz CT molecular complexity index is 1320. The summed E-state index contributed by atoms with van der Waals surface area (Å²) < 4.78 is 41.3. The summed E-state index contributed by atoms with van der Waals surface area (Å²) in [6.45, 7) is 0. The molecule has 0 spiro atoms. The predicted octanol–water partition coefficient (Wildman–Crippen LogP) is 5.24. The molecular weight excluding hydrogens is 633 g/mol. The highest BCUT2D eigenvalue weighted by molar-refractivity contribution is 14.1. The van der Waals surface area contributed by atoms with Crippen molar-refractivity contribution in [3.8, 4) is 5.82 Å². The summed E-state index contributed by atoms with van der Waals surface area (Å²) >= 11 is 9.57. The summed E-state index contributed by atoms with van der Waals surface area (Å²) in [7, 11) is -1.73. The summed E-state index contributed by atoms with van der Waals surface area (Å²) in [4.78, 5) is 16.7. The van der Waals surface area contributed by atoms with E-state index < -0.39 is 19.3 Å². The first-order valence-corrected chi connectivity index (χ1v) is 14.7. The van der Waals surface area contributed by atoms with Crippen molar-refractivity contribution in [2.45, 2.75) is 32.6 Å². The summed E-state index contributed by atoms with van der Waals surface area (Å²) in [5.41, 5.74) is -0.347. The highest BCUT2D eigenvalue weighted by Crippen LogP contribution is 2.64. The van der Waals surface area contributed by atoms with Gasteiger partial charge in [0.1, 0.15) is 10.2 Å². The number of carbonyl (C=O) groups is 1. The van der Waals surface area contributed by atoms with Crippen LogP contribution in [0.5, 0.6) is 0 Å². The van der Waals surface area contributed by atoms with Crippen LogP contribution in [0.15, 0.2) is 64.6 Å². The number of amides is 1. The summed E-state index contributed by atoms with van der Waals surface area (Å²) in [5, 5.41) is 5.06. The van der Waals surface area contributed by atoms with Gasteiger partial charge in [-0.25, -0.2) is 27.2 Å². The maximum absolute atomic E-state index is 14.3. The zero-order valence-corrected chi connectivity index (χ0v) is 23.3. The minimum absolute atomic E-state index is 0.0355. The standard InChI is InChI=1S/C21H20ClFIN4O3PS2/c22-18-15(19(29)27-34(30,31)14-4-2-1-3-5-14)6-7-16(25-18)28-12-8-17(26-28)33-13-11-20(9-10-20)21(23,24)32/h1-8,12H,9-11,13,32H2,(H,27,29). The Morgan fingerprint density at radius 3 is 2.59 bits per heavy atom. The number of hydrogen-bond acceptors (Lipinski definition) is 6. The van der Waals surface area contributed by atoms with Gasteiger partial charge in [0.05, 0.1) is 10.5 Å². The third-order valence-corrected chi connectivity index (χ3v) is 9.86. The van der Waals surface area contributed by atoms with Gasteiger partial charge in [-0.05, 0) is 72.2 Å². The number of sulfonamides is 1. The van der Waals surface area contributed by atoms with Gasteiger partial charge < -0.3 is 0 Å². The number of carbonyl (C=O) groups excluding carboxylic acids is 1. The Balaban J connectivity index is 1.40. The van der Waals surface area contributed by atoms with E-state index in [1.165, 1.54) is 40.7 Å². The zero-order chi connectivity index (χ0) is 24.6. The van der Waals surface area contributed by atoms with Crippen LogP contribution in [0, 0.1) is 5.41 Å². The van der Waals surface area contributed by atoms with Crippen molar-refractivity contribution in [2.24, 2.45) is 5.41 Å². The molecule has 1 aromatic carbocycles. The van der Waals surface area contributed by atoms with Gasteiger partial charge in [-0.1, -0.05) is 39.0 Å². The number of rotatable bonds is 9. The van der Waals surface area contributed by atoms with Gasteiger partial charge in [0.25, 0.3) is 15.9 Å². The van der Waals surface area contributed by atoms with Crippen LogP contribution in [0.4, 0.5) is 4.39 Å². The van der Waals surface area contributed by atoms with Crippen molar-refractivity contribution in [1.82, 2.24) is 19.5 Å². The van der Waals surface area contributed by atoms with E-state index >= 15 is 0 Å². The van der Waals surface area contributed by atoms with Crippen LogP contribution < -0.4 is 4.72 Å². The lowest BCUT2D eigenvalue weighted by atomic mass is 10.1. The Kier molecular flexibility index (Phi) is 7.59. The molecule has 34 heavy (non-hydrogen) atoms. The van der Waals surface area contributed by atoms with Crippen molar-refractivity contribution in [1.29, 1.82) is 0 Å². The molecule has 0 aliphatic heterocycles. The number of halogens is 3. The second kappa shape index (κ2) is 10.0. The Morgan fingerprint density at radius 2 is 1.97 bits per heavy atom. The highest BCUT2D eigenvalue weighted by Gasteiger charge is 2.56. The smallest absolute Gasteiger partial charge is 0.268 e. The predicted molar refractivity (Wildman–Crippen MR) is 142 cm³/mol. The molecular formula is C21H20ClFIN4O3PS2. The second-order valence-corrected chi connectivity index (χ2v) is 14.6. The molecule has 1 saturated carbocycles. The van der Waals surface area contributed by atoms with Gasteiger partial charge in [0, 0.05) is 17.4 Å². The third-order valence-electron chi connectivity index (χ3n) is 5.55. The number of aromatic nitrogens is 3. The quantitative estimate of drug-likeness (QED) is 0.112. The van der Waals surface area contributed by atoms with Crippen LogP contribution in [0.25, 0.3) is 5.82 Å². The van der Waals surface area contributed by atoms with Crippen LogP contribution in [-0.2, 0) is 10.0 Å². The summed E-state index contributed by atoms with van der Waals surface area (Å²) in [5.74, 6) is 0.230. The first kappa shape index (κ1) is 25.8. The first-order valence-electron chi connectivity index (χ1n) is 10.2. The molecule has 0 bridgehead atoms. The normalized spacial score (nSPS) is 16.6. The molecule has 1 amide bonds. The topological polar surface area (TPSA) is 94.0 Å². The summed E-state index contributed by atoms with van der Waals surface area (Å²) in [6, 6.07) is 12.3. The largest absolute Gasteiger partial charge is 0.268 e. The van der Waals surface area contributed by atoms with Crippen LogP contribution in [-0.4, -0.2) is 38.3 Å². The molecule has 2 aromatic heterocycles. The number of alkyl halides is 2. The van der Waals surface area contributed by atoms with Crippen LogP contribution in [0.2, 0.25) is 5.15 Å². The average Bonchev–Trinajstić information content (AvgIpc) is 3.44. The minimum atomic E-state index is -4.04. The van der Waals surface area contributed by atoms with E-state index in [-0.39, 0.29) is 21.0 Å². The maximum Gasteiger partial charge on any atom is 0.268 e.